The van der Waals surface area contributed by atoms with E-state index in [2.05, 4.69) is 0 Å². The van der Waals surface area contributed by atoms with E-state index in [9.17, 15) is 4.79 Å². The molecular weight excluding hydrogens is 160 g/mol. The third kappa shape index (κ3) is 2.96. The molecule has 0 amide bonds. The van der Waals surface area contributed by atoms with E-state index in [0.717, 1.165) is 0 Å². The maximum absolute atomic E-state index is 10.2. The van der Waals surface area contributed by atoms with E-state index in [-0.39, 0.29) is 5.25 Å². The number of hydrogen-bond acceptors (Lipinski definition) is 2. The monoisotopic (exact) mass is 168 g/mol. The van der Waals surface area contributed by atoms with Crippen LogP contribution in [0.3, 0.4) is 0 Å². The number of alkyl halides is 1. The first kappa shape index (κ1) is 9.11. The normalized spacial score (nSPS) is 16.8. The highest BCUT2D eigenvalue weighted by molar-refractivity contribution is 7.99. The molecule has 0 aromatic carbocycles. The highest BCUT2D eigenvalue weighted by Crippen LogP contribution is 2.15. The van der Waals surface area contributed by atoms with Crippen LogP contribution >= 0.6 is 23.4 Å². The summed E-state index contributed by atoms with van der Waals surface area (Å²) >= 11 is 6.89. The van der Waals surface area contributed by atoms with Crippen molar-refractivity contribution >= 4 is 29.3 Å². The van der Waals surface area contributed by atoms with Crippen molar-refractivity contribution in [3.8, 4) is 0 Å². The topological polar surface area (TPSA) is 37.3 Å². The van der Waals surface area contributed by atoms with Crippen LogP contribution in [0, 0.1) is 0 Å². The number of aliphatic carboxylic acids is 1. The van der Waals surface area contributed by atoms with Gasteiger partial charge in [-0.15, -0.1) is 11.6 Å². The molecular formula is C5H9ClO2S. The largest absolute Gasteiger partial charge is 0.480 e. The minimum absolute atomic E-state index is 0.0239. The summed E-state index contributed by atoms with van der Waals surface area (Å²) in [5, 5.41) is 7.55. The number of halogens is 1. The molecule has 2 unspecified atom stereocenters. The number of carboxylic acids is 1. The first-order chi connectivity index (χ1) is 4.09. The minimum Gasteiger partial charge on any atom is -0.480 e. The fourth-order valence-corrected chi connectivity index (χ4v) is 0.984. The Kier molecular flexibility index (Phi) is 4.06. The number of carboxylic acid groups (broad SMARTS) is 1. The molecule has 0 aliphatic carbocycles. The van der Waals surface area contributed by atoms with E-state index in [1.54, 1.807) is 6.92 Å². The molecule has 9 heavy (non-hydrogen) atoms. The lowest BCUT2D eigenvalue weighted by Gasteiger charge is -2.09. The van der Waals surface area contributed by atoms with Gasteiger partial charge in [-0.2, -0.15) is 11.8 Å². The molecule has 0 spiro atoms. The van der Waals surface area contributed by atoms with E-state index in [1.807, 2.05) is 6.26 Å². The van der Waals surface area contributed by atoms with E-state index >= 15 is 0 Å². The van der Waals surface area contributed by atoms with Crippen LogP contribution in [0.1, 0.15) is 6.92 Å². The lowest BCUT2D eigenvalue weighted by atomic mass is 10.3. The number of carbonyl (C=O) groups is 1. The zero-order valence-electron chi connectivity index (χ0n) is 5.30. The molecule has 0 saturated carbocycles. The Morgan fingerprint density at radius 3 is 2.33 bits per heavy atom. The lowest BCUT2D eigenvalue weighted by Crippen LogP contribution is -2.23. The summed E-state index contributed by atoms with van der Waals surface area (Å²) in [4.78, 5) is 10.2. The van der Waals surface area contributed by atoms with Crippen LogP contribution in [0.5, 0.6) is 0 Å². The Morgan fingerprint density at radius 2 is 2.22 bits per heavy atom. The zero-order chi connectivity index (χ0) is 7.44. The van der Waals surface area contributed by atoms with Crippen LogP contribution in [0.2, 0.25) is 0 Å². The van der Waals surface area contributed by atoms with Gasteiger partial charge in [0.25, 0.3) is 0 Å². The van der Waals surface area contributed by atoms with Crippen LogP contribution in [0.4, 0.5) is 0 Å². The van der Waals surface area contributed by atoms with Gasteiger partial charge in [0.1, 0.15) is 5.38 Å². The standard InChI is InChI=1S/C5H9ClO2S/c1-3(9-2)4(6)5(7)8/h3-4H,1-2H3,(H,7,8). The predicted molar refractivity (Wildman–Crippen MR) is 40.3 cm³/mol. The van der Waals surface area contributed by atoms with Gasteiger partial charge in [-0.25, -0.2) is 0 Å². The van der Waals surface area contributed by atoms with Crippen LogP contribution in [0.15, 0.2) is 0 Å². The van der Waals surface area contributed by atoms with Crippen molar-refractivity contribution in [2.24, 2.45) is 0 Å². The maximum Gasteiger partial charge on any atom is 0.322 e. The Hall–Kier alpha value is 0.110. The van der Waals surface area contributed by atoms with E-state index < -0.39 is 11.3 Å². The van der Waals surface area contributed by atoms with Gasteiger partial charge in [0, 0.05) is 5.25 Å². The molecule has 0 rings (SSSR count). The SMILES string of the molecule is CSC(C)C(Cl)C(=O)O. The van der Waals surface area contributed by atoms with Gasteiger partial charge in [0.2, 0.25) is 0 Å². The molecule has 0 saturated heterocycles. The van der Waals surface area contributed by atoms with Gasteiger partial charge < -0.3 is 5.11 Å². The molecule has 0 fully saturated rings. The summed E-state index contributed by atoms with van der Waals surface area (Å²) in [5.74, 6) is -0.946. The van der Waals surface area contributed by atoms with Crippen molar-refractivity contribution in [3.05, 3.63) is 0 Å². The maximum atomic E-state index is 10.2. The molecule has 0 aromatic rings. The first-order valence-corrected chi connectivity index (χ1v) is 4.21. The minimum atomic E-state index is -0.946. The second-order valence-corrected chi connectivity index (χ2v) is 3.37. The van der Waals surface area contributed by atoms with Crippen LogP contribution in [-0.2, 0) is 4.79 Å². The van der Waals surface area contributed by atoms with Crippen molar-refractivity contribution < 1.29 is 9.90 Å². The van der Waals surface area contributed by atoms with Crippen LogP contribution < -0.4 is 0 Å². The molecule has 54 valence electrons. The van der Waals surface area contributed by atoms with E-state index in [1.165, 1.54) is 11.8 Å². The highest BCUT2D eigenvalue weighted by atomic mass is 35.5. The Morgan fingerprint density at radius 1 is 1.78 bits per heavy atom. The van der Waals surface area contributed by atoms with E-state index in [4.69, 9.17) is 16.7 Å². The van der Waals surface area contributed by atoms with E-state index in [0.29, 0.717) is 0 Å². The molecule has 0 aliphatic rings. The van der Waals surface area contributed by atoms with Gasteiger partial charge >= 0.3 is 5.97 Å². The predicted octanol–water partition coefficient (Wildman–Crippen LogP) is 1.43. The van der Waals surface area contributed by atoms with Crippen LogP contribution in [0.25, 0.3) is 0 Å². The van der Waals surface area contributed by atoms with Gasteiger partial charge in [-0.05, 0) is 6.26 Å². The summed E-state index contributed by atoms with van der Waals surface area (Å²) in [6, 6.07) is 0. The molecule has 0 aromatic heterocycles. The average Bonchev–Trinajstić information content (AvgIpc) is 1.84. The fourth-order valence-electron chi connectivity index (χ4n) is 0.320. The summed E-state index contributed by atoms with van der Waals surface area (Å²) in [7, 11) is 0. The Balaban J connectivity index is 3.72. The molecule has 1 N–H and O–H groups in total. The third-order valence-electron chi connectivity index (χ3n) is 1.02. The molecule has 0 aliphatic heterocycles. The number of hydrogen-bond donors (Lipinski definition) is 1. The highest BCUT2D eigenvalue weighted by Gasteiger charge is 2.20. The van der Waals surface area contributed by atoms with Gasteiger partial charge in [0.15, 0.2) is 0 Å². The molecule has 4 heteroatoms. The third-order valence-corrected chi connectivity index (χ3v) is 2.75. The van der Waals surface area contributed by atoms with Gasteiger partial charge in [-0.3, -0.25) is 4.79 Å². The first-order valence-electron chi connectivity index (χ1n) is 2.49. The van der Waals surface area contributed by atoms with Crippen molar-refractivity contribution in [2.75, 3.05) is 6.26 Å². The summed E-state index contributed by atoms with van der Waals surface area (Å²) < 4.78 is 0. The second kappa shape index (κ2) is 4.01. The molecule has 0 heterocycles. The van der Waals surface area contributed by atoms with Crippen molar-refractivity contribution in [1.82, 2.24) is 0 Å². The molecule has 0 radical (unpaired) electrons. The summed E-state index contributed by atoms with van der Waals surface area (Å²) in [6.45, 7) is 1.79. The Labute approximate surface area is 63.6 Å². The summed E-state index contributed by atoms with van der Waals surface area (Å²) in [5.41, 5.74) is 0. The smallest absolute Gasteiger partial charge is 0.322 e. The molecule has 2 atom stereocenters. The van der Waals surface area contributed by atoms with Gasteiger partial charge in [0.05, 0.1) is 0 Å². The number of rotatable bonds is 3. The quantitative estimate of drug-likeness (QED) is 0.648. The number of thioether (sulfide) groups is 1. The van der Waals surface area contributed by atoms with Crippen LogP contribution in [-0.4, -0.2) is 28.0 Å². The molecule has 0 bridgehead atoms. The zero-order valence-corrected chi connectivity index (χ0v) is 6.87. The van der Waals surface area contributed by atoms with Crippen molar-refractivity contribution in [3.63, 3.8) is 0 Å². The second-order valence-electron chi connectivity index (χ2n) is 1.68. The van der Waals surface area contributed by atoms with Crippen molar-refractivity contribution in [2.45, 2.75) is 17.6 Å². The summed E-state index contributed by atoms with van der Waals surface area (Å²) in [6.07, 6.45) is 1.84. The molecule has 2 nitrogen and oxygen atoms in total. The Bertz CT molecular complexity index is 107. The fraction of sp³-hybridized carbons (Fsp3) is 0.800. The average molecular weight is 169 g/mol. The van der Waals surface area contributed by atoms with Gasteiger partial charge in [-0.1, -0.05) is 6.92 Å². The lowest BCUT2D eigenvalue weighted by molar-refractivity contribution is -0.136. The van der Waals surface area contributed by atoms with Crippen molar-refractivity contribution in [1.29, 1.82) is 0 Å².